The van der Waals surface area contributed by atoms with E-state index in [2.05, 4.69) is 6.07 Å². The van der Waals surface area contributed by atoms with Gasteiger partial charge in [-0.15, -0.1) is 0 Å². The van der Waals surface area contributed by atoms with Gasteiger partial charge in [0.1, 0.15) is 5.54 Å². The van der Waals surface area contributed by atoms with Crippen molar-refractivity contribution in [1.82, 2.24) is 4.90 Å². The van der Waals surface area contributed by atoms with E-state index in [-0.39, 0.29) is 18.9 Å². The maximum atomic E-state index is 11.9. The van der Waals surface area contributed by atoms with E-state index in [9.17, 15) is 14.9 Å². The quantitative estimate of drug-likeness (QED) is 0.779. The largest absolute Gasteiger partial charge is 0.481 e. The highest BCUT2D eigenvalue weighted by Crippen LogP contribution is 2.37. The first-order valence-corrected chi connectivity index (χ1v) is 6.03. The Labute approximate surface area is 100 Å². The van der Waals surface area contributed by atoms with Crippen LogP contribution in [-0.4, -0.2) is 34.0 Å². The van der Waals surface area contributed by atoms with Gasteiger partial charge in [0.15, 0.2) is 0 Å². The lowest BCUT2D eigenvalue weighted by atomic mass is 9.81. The van der Waals surface area contributed by atoms with E-state index < -0.39 is 17.4 Å². The molecule has 5 nitrogen and oxygen atoms in total. The summed E-state index contributed by atoms with van der Waals surface area (Å²) in [6.07, 6.45) is 4.37. The second-order valence-corrected chi connectivity index (χ2v) is 4.95. The zero-order chi connectivity index (χ0) is 12.5. The highest BCUT2D eigenvalue weighted by molar-refractivity contribution is 5.87. The Morgan fingerprint density at radius 1 is 1.41 bits per heavy atom. The molecule has 0 aromatic rings. The minimum absolute atomic E-state index is 0.0404. The molecule has 2 aliphatic rings. The lowest BCUT2D eigenvalue weighted by Gasteiger charge is -2.39. The lowest BCUT2D eigenvalue weighted by Crippen LogP contribution is -2.50. The molecule has 1 heterocycles. The summed E-state index contributed by atoms with van der Waals surface area (Å²) in [6.45, 7) is 0.196. The van der Waals surface area contributed by atoms with Crippen molar-refractivity contribution in [3.8, 4) is 6.07 Å². The predicted molar refractivity (Wildman–Crippen MR) is 58.9 cm³/mol. The van der Waals surface area contributed by atoms with Gasteiger partial charge in [0.25, 0.3) is 0 Å². The second-order valence-electron chi connectivity index (χ2n) is 4.95. The number of carboxylic acids is 1. The predicted octanol–water partition coefficient (Wildman–Crippen LogP) is 1.15. The Morgan fingerprint density at radius 3 is 2.53 bits per heavy atom. The minimum atomic E-state index is -0.940. The summed E-state index contributed by atoms with van der Waals surface area (Å²) in [4.78, 5) is 24.3. The standard InChI is InChI=1S/C12H16N2O3/c13-8-12(4-2-1-3-5-12)14-7-9(11(16)17)6-10(14)15/h9H,1-7H2,(H,16,17). The molecule has 2 fully saturated rings. The van der Waals surface area contributed by atoms with E-state index >= 15 is 0 Å². The number of rotatable bonds is 2. The number of carboxylic acid groups (broad SMARTS) is 1. The summed E-state index contributed by atoms with van der Waals surface area (Å²) >= 11 is 0. The number of likely N-dealkylation sites (tertiary alicyclic amines) is 1. The molecule has 0 aromatic heterocycles. The highest BCUT2D eigenvalue weighted by Gasteiger charge is 2.47. The van der Waals surface area contributed by atoms with Gasteiger partial charge in [-0.1, -0.05) is 19.3 Å². The average Bonchev–Trinajstić information content (AvgIpc) is 2.73. The van der Waals surface area contributed by atoms with Crippen LogP contribution >= 0.6 is 0 Å². The van der Waals surface area contributed by atoms with Crippen molar-refractivity contribution < 1.29 is 14.7 Å². The van der Waals surface area contributed by atoms with Crippen LogP contribution in [0.2, 0.25) is 0 Å². The molecule has 1 saturated heterocycles. The molecule has 0 radical (unpaired) electrons. The molecule has 17 heavy (non-hydrogen) atoms. The molecule has 1 aliphatic heterocycles. The Hall–Kier alpha value is -1.57. The second kappa shape index (κ2) is 4.36. The Bertz CT molecular complexity index is 380. The first-order valence-electron chi connectivity index (χ1n) is 6.03. The van der Waals surface area contributed by atoms with Crippen molar-refractivity contribution in [2.75, 3.05) is 6.54 Å². The third-order valence-corrected chi connectivity index (χ3v) is 3.88. The van der Waals surface area contributed by atoms with Crippen molar-refractivity contribution in [3.05, 3.63) is 0 Å². The van der Waals surface area contributed by atoms with Crippen molar-refractivity contribution in [1.29, 1.82) is 5.26 Å². The van der Waals surface area contributed by atoms with Crippen LogP contribution in [0.3, 0.4) is 0 Å². The molecular formula is C12H16N2O3. The molecule has 1 atom stereocenters. The highest BCUT2D eigenvalue weighted by atomic mass is 16.4. The molecule has 0 bridgehead atoms. The SMILES string of the molecule is N#CC1(N2CC(C(=O)O)CC2=O)CCCCC1. The van der Waals surface area contributed by atoms with Crippen LogP contribution in [0.15, 0.2) is 0 Å². The molecule has 0 spiro atoms. The van der Waals surface area contributed by atoms with Crippen molar-refractivity contribution in [3.63, 3.8) is 0 Å². The molecule has 0 aromatic carbocycles. The van der Waals surface area contributed by atoms with Crippen molar-refractivity contribution in [2.45, 2.75) is 44.1 Å². The monoisotopic (exact) mass is 236 g/mol. The maximum Gasteiger partial charge on any atom is 0.308 e. The summed E-state index contributed by atoms with van der Waals surface area (Å²) in [5.74, 6) is -1.76. The van der Waals surface area contributed by atoms with Crippen LogP contribution in [0.1, 0.15) is 38.5 Å². The average molecular weight is 236 g/mol. The lowest BCUT2D eigenvalue weighted by molar-refractivity contribution is -0.141. The van der Waals surface area contributed by atoms with Gasteiger partial charge in [-0.05, 0) is 12.8 Å². The van der Waals surface area contributed by atoms with Crippen molar-refractivity contribution in [2.24, 2.45) is 5.92 Å². The van der Waals surface area contributed by atoms with E-state index in [0.29, 0.717) is 12.8 Å². The third kappa shape index (κ3) is 1.99. The number of aliphatic carboxylic acids is 1. The maximum absolute atomic E-state index is 11.9. The fraction of sp³-hybridized carbons (Fsp3) is 0.750. The minimum Gasteiger partial charge on any atom is -0.481 e. The third-order valence-electron chi connectivity index (χ3n) is 3.88. The van der Waals surface area contributed by atoms with Gasteiger partial charge < -0.3 is 10.0 Å². The van der Waals surface area contributed by atoms with Crippen LogP contribution in [0.4, 0.5) is 0 Å². The molecule has 5 heteroatoms. The number of hydrogen-bond donors (Lipinski definition) is 1. The zero-order valence-electron chi connectivity index (χ0n) is 9.69. The topological polar surface area (TPSA) is 81.4 Å². The van der Waals surface area contributed by atoms with E-state index in [4.69, 9.17) is 5.11 Å². The Balaban J connectivity index is 2.18. The van der Waals surface area contributed by atoms with Gasteiger partial charge >= 0.3 is 5.97 Å². The van der Waals surface area contributed by atoms with E-state index in [0.717, 1.165) is 19.3 Å². The van der Waals surface area contributed by atoms with Crippen molar-refractivity contribution >= 4 is 11.9 Å². The fourth-order valence-electron chi connectivity index (χ4n) is 2.87. The number of nitriles is 1. The molecule has 1 amide bonds. The van der Waals surface area contributed by atoms with E-state index in [1.807, 2.05) is 0 Å². The molecular weight excluding hydrogens is 220 g/mol. The van der Waals surface area contributed by atoms with E-state index in [1.54, 1.807) is 0 Å². The molecule has 92 valence electrons. The number of amides is 1. The molecule has 1 N–H and O–H groups in total. The van der Waals surface area contributed by atoms with Crippen LogP contribution in [0, 0.1) is 17.2 Å². The van der Waals surface area contributed by atoms with Gasteiger partial charge in [0.05, 0.1) is 12.0 Å². The van der Waals surface area contributed by atoms with Gasteiger partial charge in [-0.3, -0.25) is 9.59 Å². The van der Waals surface area contributed by atoms with Crippen LogP contribution in [-0.2, 0) is 9.59 Å². The van der Waals surface area contributed by atoms with Crippen LogP contribution in [0.5, 0.6) is 0 Å². The fourth-order valence-corrected chi connectivity index (χ4v) is 2.87. The number of hydrogen-bond acceptors (Lipinski definition) is 3. The summed E-state index contributed by atoms with van der Waals surface area (Å²) < 4.78 is 0. The summed E-state index contributed by atoms with van der Waals surface area (Å²) in [6, 6.07) is 2.26. The first-order chi connectivity index (χ1) is 8.09. The molecule has 2 rings (SSSR count). The summed E-state index contributed by atoms with van der Waals surface area (Å²) in [5.41, 5.74) is -0.737. The molecule has 1 unspecified atom stereocenters. The molecule has 1 saturated carbocycles. The Morgan fingerprint density at radius 2 is 2.06 bits per heavy atom. The normalized spacial score (nSPS) is 27.8. The number of nitrogens with zero attached hydrogens (tertiary/aromatic N) is 2. The van der Waals surface area contributed by atoms with Gasteiger partial charge in [-0.25, -0.2) is 0 Å². The summed E-state index contributed by atoms with van der Waals surface area (Å²) in [5, 5.41) is 18.3. The first kappa shape index (κ1) is 11.9. The smallest absolute Gasteiger partial charge is 0.308 e. The van der Waals surface area contributed by atoms with Gasteiger partial charge in [-0.2, -0.15) is 5.26 Å². The Kier molecular flexibility index (Phi) is 3.05. The van der Waals surface area contributed by atoms with Gasteiger partial charge in [0.2, 0.25) is 5.91 Å². The van der Waals surface area contributed by atoms with Crippen LogP contribution in [0.25, 0.3) is 0 Å². The van der Waals surface area contributed by atoms with Crippen LogP contribution < -0.4 is 0 Å². The number of carbonyl (C=O) groups is 2. The van der Waals surface area contributed by atoms with Gasteiger partial charge in [0, 0.05) is 13.0 Å². The zero-order valence-corrected chi connectivity index (χ0v) is 9.69. The molecule has 1 aliphatic carbocycles. The summed E-state index contributed by atoms with van der Waals surface area (Å²) in [7, 11) is 0. The van der Waals surface area contributed by atoms with E-state index in [1.165, 1.54) is 4.90 Å². The number of carbonyl (C=O) groups excluding carboxylic acids is 1.